The molecule has 0 aromatic heterocycles. The molecule has 1 aromatic rings. The van der Waals surface area contributed by atoms with Crippen molar-refractivity contribution in [1.82, 2.24) is 0 Å². The van der Waals surface area contributed by atoms with E-state index in [1.54, 1.807) is 29.6 Å². The lowest BCUT2D eigenvalue weighted by Crippen LogP contribution is -2.93. The molecule has 0 fully saturated rings. The molecule has 3 N–H and O–H groups in total. The number of carboxylic acid groups (broad SMARTS) is 1. The Hall–Kier alpha value is -1.63. The lowest BCUT2D eigenvalue weighted by atomic mass is 10.2. The summed E-state index contributed by atoms with van der Waals surface area (Å²) in [6.45, 7) is 4.98. The van der Waals surface area contributed by atoms with E-state index in [1.165, 1.54) is 0 Å². The lowest BCUT2D eigenvalue weighted by Gasteiger charge is -2.17. The van der Waals surface area contributed by atoms with Crippen molar-refractivity contribution in [2.45, 2.75) is 38.8 Å². The van der Waals surface area contributed by atoms with Crippen molar-refractivity contribution in [3.05, 3.63) is 29.3 Å². The highest BCUT2D eigenvalue weighted by Crippen LogP contribution is 2.20. The normalized spacial score (nSPS) is 12.2. The summed E-state index contributed by atoms with van der Waals surface area (Å²) < 4.78 is 5.38. The number of benzene rings is 1. The predicted octanol–water partition coefficient (Wildman–Crippen LogP) is 0.166. The Labute approximate surface area is 141 Å². The number of rotatable bonds is 10. The number of hydrogen-bond acceptors (Lipinski definition) is 4. The van der Waals surface area contributed by atoms with Gasteiger partial charge in [-0.25, -0.2) is 0 Å². The number of anilines is 1. The largest absolute Gasteiger partial charge is 0.544 e. The topological polar surface area (TPSA) is 95.1 Å². The van der Waals surface area contributed by atoms with E-state index in [-0.39, 0.29) is 12.5 Å². The molecular formula is C16H23ClN2O4. The van der Waals surface area contributed by atoms with Crippen LogP contribution in [0.2, 0.25) is 5.02 Å². The fourth-order valence-electron chi connectivity index (χ4n) is 1.95. The van der Waals surface area contributed by atoms with Gasteiger partial charge in [-0.15, -0.1) is 0 Å². The first-order valence-corrected chi connectivity index (χ1v) is 7.98. The Morgan fingerprint density at radius 3 is 2.65 bits per heavy atom. The van der Waals surface area contributed by atoms with Gasteiger partial charge in [0.15, 0.2) is 0 Å². The van der Waals surface area contributed by atoms with E-state index in [1.807, 2.05) is 13.8 Å². The molecule has 0 aliphatic rings. The zero-order valence-electron chi connectivity index (χ0n) is 13.4. The van der Waals surface area contributed by atoms with Gasteiger partial charge < -0.3 is 25.3 Å². The number of halogens is 1. The maximum atomic E-state index is 12.0. The predicted molar refractivity (Wildman–Crippen MR) is 86.0 cm³/mol. The van der Waals surface area contributed by atoms with Crippen LogP contribution in [0.15, 0.2) is 24.3 Å². The van der Waals surface area contributed by atoms with Crippen LogP contribution < -0.4 is 15.7 Å². The Balaban J connectivity index is 2.41. The lowest BCUT2D eigenvalue weighted by molar-refractivity contribution is -0.682. The fourth-order valence-corrected chi connectivity index (χ4v) is 2.13. The minimum absolute atomic E-state index is 0.147. The van der Waals surface area contributed by atoms with Gasteiger partial charge in [0.2, 0.25) is 5.91 Å². The number of hydrogen-bond donors (Lipinski definition) is 2. The summed E-state index contributed by atoms with van der Waals surface area (Å²) in [7, 11) is 0. The molecule has 0 saturated heterocycles. The summed E-state index contributed by atoms with van der Waals surface area (Å²) in [6, 6.07) is 5.85. The highest BCUT2D eigenvalue weighted by molar-refractivity contribution is 6.33. The summed E-state index contributed by atoms with van der Waals surface area (Å²) >= 11 is 5.95. The highest BCUT2D eigenvalue weighted by atomic mass is 35.5. The van der Waals surface area contributed by atoms with Crippen LogP contribution in [-0.4, -0.2) is 37.2 Å². The van der Waals surface area contributed by atoms with E-state index in [2.05, 4.69) is 5.32 Å². The van der Waals surface area contributed by atoms with Crippen molar-refractivity contribution < 1.29 is 24.7 Å². The van der Waals surface area contributed by atoms with E-state index in [9.17, 15) is 14.7 Å². The van der Waals surface area contributed by atoms with Crippen LogP contribution in [-0.2, 0) is 14.3 Å². The summed E-state index contributed by atoms with van der Waals surface area (Å²) in [4.78, 5) is 23.1. The molecule has 0 bridgehead atoms. The summed E-state index contributed by atoms with van der Waals surface area (Å²) in [5.74, 6) is -1.67. The zero-order valence-corrected chi connectivity index (χ0v) is 14.1. The van der Waals surface area contributed by atoms with E-state index < -0.39 is 17.9 Å². The molecule has 0 saturated carbocycles. The second-order valence-electron chi connectivity index (χ2n) is 5.46. The number of ether oxygens (including phenoxy) is 1. The van der Waals surface area contributed by atoms with Gasteiger partial charge in [-0.1, -0.05) is 23.7 Å². The molecule has 0 heterocycles. The van der Waals surface area contributed by atoms with Crippen molar-refractivity contribution in [3.63, 3.8) is 0 Å². The van der Waals surface area contributed by atoms with Gasteiger partial charge in [-0.2, -0.15) is 0 Å². The first kappa shape index (κ1) is 19.4. The number of carboxylic acids is 1. The minimum Gasteiger partial charge on any atom is -0.544 e. The van der Waals surface area contributed by atoms with Crippen molar-refractivity contribution in [3.8, 4) is 0 Å². The average Bonchev–Trinajstić information content (AvgIpc) is 2.47. The molecule has 1 aromatic carbocycles. The third-order valence-corrected chi connectivity index (χ3v) is 3.44. The molecule has 0 spiro atoms. The van der Waals surface area contributed by atoms with Crippen LogP contribution in [0.4, 0.5) is 5.69 Å². The molecule has 128 valence electrons. The van der Waals surface area contributed by atoms with Crippen molar-refractivity contribution >= 4 is 29.2 Å². The van der Waals surface area contributed by atoms with Crippen LogP contribution in [0.25, 0.3) is 0 Å². The van der Waals surface area contributed by atoms with E-state index in [0.29, 0.717) is 30.3 Å². The van der Waals surface area contributed by atoms with Crippen molar-refractivity contribution in [2.24, 2.45) is 0 Å². The minimum atomic E-state index is -1.26. The monoisotopic (exact) mass is 342 g/mol. The van der Waals surface area contributed by atoms with Crippen LogP contribution in [0, 0.1) is 0 Å². The molecule has 1 atom stereocenters. The Bertz CT molecular complexity index is 523. The Morgan fingerprint density at radius 2 is 2.04 bits per heavy atom. The third kappa shape index (κ3) is 7.97. The zero-order chi connectivity index (χ0) is 17.2. The van der Waals surface area contributed by atoms with Gasteiger partial charge in [0.25, 0.3) is 0 Å². The van der Waals surface area contributed by atoms with Crippen molar-refractivity contribution in [1.29, 1.82) is 0 Å². The number of nitrogens with one attached hydrogen (secondary N) is 1. The number of carbonyl (C=O) groups is 2. The number of amides is 1. The second kappa shape index (κ2) is 10.2. The number of quaternary nitrogens is 1. The quantitative estimate of drug-likeness (QED) is 0.592. The first-order valence-electron chi connectivity index (χ1n) is 7.60. The highest BCUT2D eigenvalue weighted by Gasteiger charge is 2.18. The molecule has 0 aliphatic carbocycles. The average molecular weight is 343 g/mol. The number of nitrogens with two attached hydrogens (primary N) is 1. The first-order chi connectivity index (χ1) is 10.9. The van der Waals surface area contributed by atoms with Gasteiger partial charge in [0.05, 0.1) is 42.4 Å². The second-order valence-corrected chi connectivity index (χ2v) is 5.86. The number of para-hydroxylation sites is 1. The molecule has 0 unspecified atom stereocenters. The molecule has 0 aliphatic heterocycles. The van der Waals surface area contributed by atoms with E-state index in [4.69, 9.17) is 16.3 Å². The standard InChI is InChI=1S/C16H23ClN2O4/c1-11(2)23-9-5-8-18-14(16(21)22)10-15(20)19-13-7-4-3-6-12(13)17/h3-4,6-7,11,14,18H,5,8-10H2,1-2H3,(H,19,20)(H,21,22)/t14-/m0/s1. The van der Waals surface area contributed by atoms with Gasteiger partial charge in [-0.3, -0.25) is 4.79 Å². The van der Waals surface area contributed by atoms with Gasteiger partial charge >= 0.3 is 0 Å². The molecule has 23 heavy (non-hydrogen) atoms. The third-order valence-electron chi connectivity index (χ3n) is 3.11. The summed E-state index contributed by atoms with van der Waals surface area (Å²) in [6.07, 6.45) is 0.667. The van der Waals surface area contributed by atoms with Gasteiger partial charge in [0, 0.05) is 6.42 Å². The Kier molecular flexibility index (Phi) is 8.61. The smallest absolute Gasteiger partial charge is 0.230 e. The number of aliphatic carboxylic acids is 1. The van der Waals surface area contributed by atoms with Crippen LogP contribution in [0.5, 0.6) is 0 Å². The van der Waals surface area contributed by atoms with Crippen LogP contribution in [0.3, 0.4) is 0 Å². The summed E-state index contributed by atoms with van der Waals surface area (Å²) in [5, 5.41) is 15.7. The van der Waals surface area contributed by atoms with Gasteiger partial charge in [0.1, 0.15) is 6.04 Å². The maximum Gasteiger partial charge on any atom is 0.230 e. The van der Waals surface area contributed by atoms with E-state index in [0.717, 1.165) is 0 Å². The van der Waals surface area contributed by atoms with Crippen LogP contribution in [0.1, 0.15) is 26.7 Å². The Morgan fingerprint density at radius 1 is 1.35 bits per heavy atom. The van der Waals surface area contributed by atoms with Crippen LogP contribution >= 0.6 is 11.6 Å². The molecule has 0 radical (unpaired) electrons. The molecule has 1 rings (SSSR count). The molecule has 6 nitrogen and oxygen atoms in total. The van der Waals surface area contributed by atoms with Gasteiger partial charge in [-0.05, 0) is 26.0 Å². The summed E-state index contributed by atoms with van der Waals surface area (Å²) in [5.41, 5.74) is 0.460. The maximum absolute atomic E-state index is 12.0. The van der Waals surface area contributed by atoms with E-state index >= 15 is 0 Å². The molecule has 7 heteroatoms. The number of carbonyl (C=O) groups excluding carboxylic acids is 2. The fraction of sp³-hybridized carbons (Fsp3) is 0.500. The SMILES string of the molecule is CC(C)OCCC[NH2+][C@@H](CC(=O)Nc1ccccc1Cl)C(=O)[O-]. The molecular weight excluding hydrogens is 320 g/mol. The molecule has 1 amide bonds. The van der Waals surface area contributed by atoms with Crippen molar-refractivity contribution in [2.75, 3.05) is 18.5 Å².